The Morgan fingerprint density at radius 2 is 1.96 bits per heavy atom. The molecule has 4 N–H and O–H groups in total. The third-order valence-electron chi connectivity index (χ3n) is 4.15. The molecule has 140 valence electrons. The number of halogens is 1. The first kappa shape index (κ1) is 19.0. The number of allylic oxidation sites excluding steroid dienone is 1. The number of para-hydroxylation sites is 1. The van der Waals surface area contributed by atoms with E-state index in [1.165, 1.54) is 7.11 Å². The molecule has 2 aromatic rings. The van der Waals surface area contributed by atoms with Crippen LogP contribution in [0.15, 0.2) is 53.7 Å². The van der Waals surface area contributed by atoms with E-state index in [0.717, 1.165) is 0 Å². The Morgan fingerprint density at radius 3 is 2.63 bits per heavy atom. The van der Waals surface area contributed by atoms with E-state index in [9.17, 15) is 14.7 Å². The molecule has 7 nitrogen and oxygen atoms in total. The highest BCUT2D eigenvalue weighted by atomic mass is 127. The first-order chi connectivity index (χ1) is 12.9. The molecule has 0 fully saturated rings. The van der Waals surface area contributed by atoms with E-state index in [0.29, 0.717) is 26.1 Å². The predicted octanol–water partition coefficient (Wildman–Crippen LogP) is 3.27. The van der Waals surface area contributed by atoms with E-state index >= 15 is 0 Å². The number of benzene rings is 2. The Balaban J connectivity index is 2.02. The topological polar surface area (TPSA) is 99.7 Å². The Kier molecular flexibility index (Phi) is 5.54. The smallest absolute Gasteiger partial charge is 0.319 e. The number of urea groups is 1. The molecule has 1 aliphatic heterocycles. The number of ether oxygens (including phenoxy) is 1. The molecule has 1 atom stereocenters. The minimum atomic E-state index is -0.689. The van der Waals surface area contributed by atoms with E-state index in [1.807, 2.05) is 40.8 Å². The van der Waals surface area contributed by atoms with Gasteiger partial charge in [0.1, 0.15) is 0 Å². The van der Waals surface area contributed by atoms with E-state index in [4.69, 9.17) is 4.74 Å². The van der Waals surface area contributed by atoms with Crippen LogP contribution < -0.4 is 20.7 Å². The standard InChI is InChI=1S/C19H18IN3O4/c1-10-15(18(25)22-12-6-4-3-5-7-12)16(23-19(26)21-10)11-8-13(20)17(24)14(9-11)27-2/h3-9,16,24H,1-2H3,(H,22,25)(H2,21,23,26)/t16-/m0/s1. The number of methoxy groups -OCH3 is 1. The van der Waals surface area contributed by atoms with Crippen molar-refractivity contribution in [1.82, 2.24) is 10.6 Å². The number of anilines is 1. The highest BCUT2D eigenvalue weighted by Crippen LogP contribution is 2.37. The third-order valence-corrected chi connectivity index (χ3v) is 4.97. The molecule has 3 amide bonds. The van der Waals surface area contributed by atoms with Gasteiger partial charge in [-0.3, -0.25) is 4.79 Å². The van der Waals surface area contributed by atoms with Crippen molar-refractivity contribution >= 4 is 40.2 Å². The van der Waals surface area contributed by atoms with Crippen LogP contribution in [-0.4, -0.2) is 24.2 Å². The van der Waals surface area contributed by atoms with Gasteiger partial charge in [-0.1, -0.05) is 18.2 Å². The van der Waals surface area contributed by atoms with E-state index in [2.05, 4.69) is 16.0 Å². The third kappa shape index (κ3) is 4.00. The number of rotatable bonds is 4. The van der Waals surface area contributed by atoms with Gasteiger partial charge in [0.15, 0.2) is 11.5 Å². The maximum atomic E-state index is 12.9. The van der Waals surface area contributed by atoms with Crippen LogP contribution in [0.25, 0.3) is 0 Å². The highest BCUT2D eigenvalue weighted by Gasteiger charge is 2.32. The lowest BCUT2D eigenvalue weighted by Gasteiger charge is -2.29. The molecule has 0 aromatic heterocycles. The molecule has 0 radical (unpaired) electrons. The number of amides is 3. The van der Waals surface area contributed by atoms with Gasteiger partial charge in [0.2, 0.25) is 0 Å². The monoisotopic (exact) mass is 479 g/mol. The molecule has 3 rings (SSSR count). The Morgan fingerprint density at radius 1 is 1.26 bits per heavy atom. The lowest BCUT2D eigenvalue weighted by atomic mass is 9.94. The summed E-state index contributed by atoms with van der Waals surface area (Å²) < 4.78 is 5.75. The first-order valence-electron chi connectivity index (χ1n) is 8.11. The zero-order valence-electron chi connectivity index (χ0n) is 14.7. The molecule has 0 spiro atoms. The zero-order chi connectivity index (χ0) is 19.6. The summed E-state index contributed by atoms with van der Waals surface area (Å²) in [4.78, 5) is 25.0. The fraction of sp³-hybridized carbons (Fsp3) is 0.158. The summed E-state index contributed by atoms with van der Waals surface area (Å²) in [6.45, 7) is 1.67. The Bertz CT molecular complexity index is 928. The summed E-state index contributed by atoms with van der Waals surface area (Å²) in [5.74, 6) is -0.0542. The minimum absolute atomic E-state index is 0.0121. The van der Waals surface area contributed by atoms with Crippen LogP contribution in [0, 0.1) is 3.57 Å². The maximum absolute atomic E-state index is 12.9. The molecular formula is C19H18IN3O4. The molecule has 0 saturated heterocycles. The van der Waals surface area contributed by atoms with Crippen LogP contribution in [0.5, 0.6) is 11.5 Å². The van der Waals surface area contributed by atoms with Crippen molar-refractivity contribution in [2.75, 3.05) is 12.4 Å². The van der Waals surface area contributed by atoms with Gasteiger partial charge in [-0.15, -0.1) is 0 Å². The van der Waals surface area contributed by atoms with Crippen LogP contribution in [0.1, 0.15) is 18.5 Å². The maximum Gasteiger partial charge on any atom is 0.319 e. The molecule has 0 aliphatic carbocycles. The van der Waals surface area contributed by atoms with E-state index in [-0.39, 0.29) is 17.4 Å². The number of carbonyl (C=O) groups excluding carboxylic acids is 2. The molecule has 0 unspecified atom stereocenters. The molecule has 8 heteroatoms. The second kappa shape index (κ2) is 7.87. The molecule has 0 bridgehead atoms. The second-order valence-corrected chi connectivity index (χ2v) is 7.11. The van der Waals surface area contributed by atoms with Crippen molar-refractivity contribution in [3.63, 3.8) is 0 Å². The van der Waals surface area contributed by atoms with Gasteiger partial charge in [-0.05, 0) is 59.3 Å². The summed E-state index contributed by atoms with van der Waals surface area (Å²) in [6, 6.07) is 11.3. The number of aromatic hydroxyl groups is 1. The largest absolute Gasteiger partial charge is 0.504 e. The van der Waals surface area contributed by atoms with E-state index in [1.54, 1.807) is 31.2 Å². The summed E-state index contributed by atoms with van der Waals surface area (Å²) in [7, 11) is 1.44. The normalized spacial score (nSPS) is 16.4. The van der Waals surface area contributed by atoms with Crippen molar-refractivity contribution in [3.8, 4) is 11.5 Å². The number of hydrogen-bond donors (Lipinski definition) is 4. The summed E-state index contributed by atoms with van der Waals surface area (Å²) in [5.41, 5.74) is 2.11. The summed E-state index contributed by atoms with van der Waals surface area (Å²) >= 11 is 1.97. The lowest BCUT2D eigenvalue weighted by Crippen LogP contribution is -2.46. The van der Waals surface area contributed by atoms with Gasteiger partial charge in [0.05, 0.1) is 22.3 Å². The fourth-order valence-electron chi connectivity index (χ4n) is 2.88. The Labute approximate surface area is 169 Å². The number of phenolic OH excluding ortho intramolecular Hbond substituents is 1. The number of phenols is 1. The molecule has 1 heterocycles. The van der Waals surface area contributed by atoms with Crippen molar-refractivity contribution in [2.45, 2.75) is 13.0 Å². The van der Waals surface area contributed by atoms with Crippen LogP contribution in [0.4, 0.5) is 10.5 Å². The van der Waals surface area contributed by atoms with E-state index < -0.39 is 12.1 Å². The molecular weight excluding hydrogens is 461 g/mol. The van der Waals surface area contributed by atoms with Gasteiger partial charge >= 0.3 is 6.03 Å². The summed E-state index contributed by atoms with van der Waals surface area (Å²) in [6.07, 6.45) is 0. The average molecular weight is 479 g/mol. The van der Waals surface area contributed by atoms with Crippen molar-refractivity contribution < 1.29 is 19.4 Å². The van der Waals surface area contributed by atoms with Gasteiger partial charge in [0.25, 0.3) is 5.91 Å². The van der Waals surface area contributed by atoms with Crippen molar-refractivity contribution in [3.05, 3.63) is 62.9 Å². The van der Waals surface area contributed by atoms with Crippen LogP contribution in [0.2, 0.25) is 0 Å². The first-order valence-corrected chi connectivity index (χ1v) is 9.19. The second-order valence-electron chi connectivity index (χ2n) is 5.94. The van der Waals surface area contributed by atoms with Crippen molar-refractivity contribution in [1.29, 1.82) is 0 Å². The summed E-state index contributed by atoms with van der Waals surface area (Å²) in [5, 5.41) is 18.3. The quantitative estimate of drug-likeness (QED) is 0.506. The highest BCUT2D eigenvalue weighted by molar-refractivity contribution is 14.1. The lowest BCUT2D eigenvalue weighted by molar-refractivity contribution is -0.113. The zero-order valence-corrected chi connectivity index (χ0v) is 16.8. The van der Waals surface area contributed by atoms with Crippen LogP contribution in [0.3, 0.4) is 0 Å². The van der Waals surface area contributed by atoms with Crippen LogP contribution >= 0.6 is 22.6 Å². The van der Waals surface area contributed by atoms with Gasteiger partial charge < -0.3 is 25.8 Å². The molecule has 0 saturated carbocycles. The molecule has 2 aromatic carbocycles. The van der Waals surface area contributed by atoms with Crippen molar-refractivity contribution in [2.24, 2.45) is 0 Å². The number of nitrogens with one attached hydrogen (secondary N) is 3. The fourth-order valence-corrected chi connectivity index (χ4v) is 3.51. The molecule has 27 heavy (non-hydrogen) atoms. The van der Waals surface area contributed by atoms with Crippen LogP contribution in [-0.2, 0) is 4.79 Å². The van der Waals surface area contributed by atoms with Gasteiger partial charge in [-0.25, -0.2) is 4.79 Å². The number of hydrogen-bond acceptors (Lipinski definition) is 4. The Hall–Kier alpha value is -2.75. The van der Waals surface area contributed by atoms with Gasteiger partial charge in [-0.2, -0.15) is 0 Å². The predicted molar refractivity (Wildman–Crippen MR) is 110 cm³/mol. The number of carbonyl (C=O) groups is 2. The minimum Gasteiger partial charge on any atom is -0.504 e. The molecule has 1 aliphatic rings. The average Bonchev–Trinajstić information content (AvgIpc) is 2.63. The van der Waals surface area contributed by atoms with Gasteiger partial charge in [0, 0.05) is 11.4 Å². The SMILES string of the molecule is COc1cc([C@@H]2NC(=O)NC(C)=C2C(=O)Nc2ccccc2)cc(I)c1O.